The Labute approximate surface area is 183 Å². The van der Waals surface area contributed by atoms with Gasteiger partial charge in [-0.2, -0.15) is 0 Å². The maximum absolute atomic E-state index is 13.7. The second-order valence-electron chi connectivity index (χ2n) is 7.78. The van der Waals surface area contributed by atoms with Crippen molar-refractivity contribution in [3.63, 3.8) is 0 Å². The maximum atomic E-state index is 13.7. The Bertz CT molecular complexity index is 1140. The minimum Gasteiger partial charge on any atom is -0.323 e. The van der Waals surface area contributed by atoms with Crippen LogP contribution in [0.25, 0.3) is 12.2 Å². The average Bonchev–Trinajstić information content (AvgIpc) is 2.77. The first-order valence-corrected chi connectivity index (χ1v) is 10.1. The largest absolute Gasteiger partial charge is 0.323 e. The molecule has 1 fully saturated rings. The number of ketones is 1. The van der Waals surface area contributed by atoms with Crippen LogP contribution in [-0.2, 0) is 11.3 Å². The molecule has 32 heavy (non-hydrogen) atoms. The van der Waals surface area contributed by atoms with Gasteiger partial charge in [0.1, 0.15) is 19.6 Å². The molecule has 0 aromatic heterocycles. The summed E-state index contributed by atoms with van der Waals surface area (Å²) in [6.07, 6.45) is 3.10. The second kappa shape index (κ2) is 9.32. The van der Waals surface area contributed by atoms with Gasteiger partial charge in [0.05, 0.1) is 11.1 Å². The molecule has 0 radical (unpaired) electrons. The monoisotopic (exact) mass is 438 g/mol. The van der Waals surface area contributed by atoms with Crippen LogP contribution >= 0.6 is 0 Å². The lowest BCUT2D eigenvalue weighted by Crippen LogP contribution is -3.12. The molecule has 0 bridgehead atoms. The van der Waals surface area contributed by atoms with Crippen LogP contribution in [0.4, 0.5) is 17.6 Å². The predicted octanol–water partition coefficient (Wildman–Crippen LogP) is 4.38. The second-order valence-corrected chi connectivity index (χ2v) is 7.78. The number of hydrogen-bond donors (Lipinski definition) is 1. The van der Waals surface area contributed by atoms with Gasteiger partial charge in [-0.3, -0.25) is 4.79 Å². The van der Waals surface area contributed by atoms with E-state index in [0.717, 1.165) is 34.7 Å². The molecule has 1 heterocycles. The summed E-state index contributed by atoms with van der Waals surface area (Å²) in [6, 6.07) is 16.7. The van der Waals surface area contributed by atoms with E-state index in [-0.39, 0.29) is 5.78 Å². The lowest BCUT2D eigenvalue weighted by atomic mass is 9.93. The highest BCUT2D eigenvalue weighted by Crippen LogP contribution is 2.19. The molecule has 1 saturated heterocycles. The van der Waals surface area contributed by atoms with Gasteiger partial charge in [-0.05, 0) is 47.5 Å². The summed E-state index contributed by atoms with van der Waals surface area (Å²) in [5.74, 6) is -4.16. The Hall–Kier alpha value is -3.51. The number of rotatable bonds is 4. The summed E-state index contributed by atoms with van der Waals surface area (Å²) in [7, 11) is 0. The van der Waals surface area contributed by atoms with Crippen LogP contribution in [0.2, 0.25) is 0 Å². The van der Waals surface area contributed by atoms with Gasteiger partial charge in [-0.1, -0.05) is 42.5 Å². The summed E-state index contributed by atoms with van der Waals surface area (Å²) in [4.78, 5) is 14.2. The fourth-order valence-corrected chi connectivity index (χ4v) is 3.82. The number of hydrogen-bond acceptors (Lipinski definition) is 1. The van der Waals surface area contributed by atoms with Gasteiger partial charge in [0.2, 0.25) is 0 Å². The van der Waals surface area contributed by atoms with Gasteiger partial charge < -0.3 is 4.90 Å². The molecule has 2 nitrogen and oxygen atoms in total. The van der Waals surface area contributed by atoms with Crippen molar-refractivity contribution in [2.24, 2.45) is 0 Å². The van der Waals surface area contributed by atoms with Gasteiger partial charge in [-0.15, -0.1) is 0 Å². The lowest BCUT2D eigenvalue weighted by molar-refractivity contribution is -0.904. The Morgan fingerprint density at radius 2 is 1.19 bits per heavy atom. The highest BCUT2D eigenvalue weighted by atomic mass is 19.2. The van der Waals surface area contributed by atoms with E-state index >= 15 is 0 Å². The minimum atomic E-state index is -0.992. The first-order valence-electron chi connectivity index (χ1n) is 10.1. The Kier molecular flexibility index (Phi) is 6.32. The SMILES string of the molecule is O=C1/C(=C/c2ccc(F)c(F)c2)C[NH+](Cc2ccccc2)C/C1=C\c1ccc(F)c(F)c1. The quantitative estimate of drug-likeness (QED) is 0.474. The first-order chi connectivity index (χ1) is 15.4. The smallest absolute Gasteiger partial charge is 0.196 e. The number of halogens is 4. The van der Waals surface area contributed by atoms with Crippen LogP contribution in [0.15, 0.2) is 77.9 Å². The van der Waals surface area contributed by atoms with Crippen molar-refractivity contribution in [2.45, 2.75) is 6.54 Å². The molecule has 0 saturated carbocycles. The molecule has 162 valence electrons. The van der Waals surface area contributed by atoms with Crippen molar-refractivity contribution in [3.05, 3.63) is 118 Å². The van der Waals surface area contributed by atoms with Crippen molar-refractivity contribution in [1.29, 1.82) is 0 Å². The maximum Gasteiger partial charge on any atom is 0.196 e. The van der Waals surface area contributed by atoms with Crippen LogP contribution in [0.1, 0.15) is 16.7 Å². The summed E-state index contributed by atoms with van der Waals surface area (Å²) in [5, 5.41) is 0. The highest BCUT2D eigenvalue weighted by molar-refractivity contribution is 6.14. The Morgan fingerprint density at radius 3 is 1.66 bits per heavy atom. The molecule has 0 aliphatic carbocycles. The molecule has 6 heteroatoms. The fraction of sp³-hybridized carbons (Fsp3) is 0.115. The van der Waals surface area contributed by atoms with E-state index < -0.39 is 23.3 Å². The number of nitrogens with one attached hydrogen (secondary N) is 1. The molecule has 0 spiro atoms. The molecular formula is C26H20F4NO+. The van der Waals surface area contributed by atoms with Crippen LogP contribution in [0.5, 0.6) is 0 Å². The fourth-order valence-electron chi connectivity index (χ4n) is 3.82. The molecule has 4 rings (SSSR count). The van der Waals surface area contributed by atoms with E-state index in [0.29, 0.717) is 41.9 Å². The van der Waals surface area contributed by atoms with Crippen molar-refractivity contribution in [2.75, 3.05) is 13.1 Å². The molecule has 1 N–H and O–H groups in total. The van der Waals surface area contributed by atoms with Crippen LogP contribution in [-0.4, -0.2) is 18.9 Å². The third kappa shape index (κ3) is 5.03. The number of carbonyl (C=O) groups excluding carboxylic acids is 1. The van der Waals surface area contributed by atoms with Crippen LogP contribution in [0, 0.1) is 23.3 Å². The predicted molar refractivity (Wildman–Crippen MR) is 115 cm³/mol. The number of Topliss-reactive ketones (excluding diaryl/α,β-unsaturated/α-hetero) is 1. The van der Waals surface area contributed by atoms with E-state index in [4.69, 9.17) is 0 Å². The van der Waals surface area contributed by atoms with E-state index in [1.54, 1.807) is 12.2 Å². The van der Waals surface area contributed by atoms with Gasteiger partial charge in [-0.25, -0.2) is 17.6 Å². The van der Waals surface area contributed by atoms with E-state index in [1.807, 2.05) is 30.3 Å². The van der Waals surface area contributed by atoms with Crippen LogP contribution < -0.4 is 4.90 Å². The molecular weight excluding hydrogens is 418 g/mol. The molecule has 3 aromatic rings. The first kappa shape index (κ1) is 21.7. The number of piperidine rings is 1. The number of likely N-dealkylation sites (tertiary alicyclic amines) is 1. The summed E-state index contributed by atoms with van der Waals surface area (Å²) in [6.45, 7) is 1.42. The van der Waals surface area contributed by atoms with Gasteiger partial charge >= 0.3 is 0 Å². The minimum absolute atomic E-state index is 0.253. The summed E-state index contributed by atoms with van der Waals surface area (Å²) >= 11 is 0. The molecule has 3 aromatic carbocycles. The summed E-state index contributed by atoms with van der Waals surface area (Å²) < 4.78 is 53.9. The van der Waals surface area contributed by atoms with E-state index in [2.05, 4.69) is 0 Å². The standard InChI is InChI=1S/C26H19F4NO/c27-22-8-6-18(12-24(22)29)10-20-15-31(14-17-4-2-1-3-5-17)16-21(26(20)32)11-19-7-9-23(28)25(30)13-19/h1-13H,14-16H2/p+1/b20-10+,21-11+. The average molecular weight is 438 g/mol. The molecule has 1 aliphatic heterocycles. The molecule has 1 aliphatic rings. The van der Waals surface area contributed by atoms with Crippen LogP contribution in [0.3, 0.4) is 0 Å². The molecule has 0 unspecified atom stereocenters. The Balaban J connectivity index is 1.70. The highest BCUT2D eigenvalue weighted by Gasteiger charge is 2.29. The topological polar surface area (TPSA) is 21.5 Å². The van der Waals surface area contributed by atoms with Crippen molar-refractivity contribution >= 4 is 17.9 Å². The van der Waals surface area contributed by atoms with Gasteiger partial charge in [0, 0.05) is 5.56 Å². The molecule has 0 amide bonds. The number of carbonyl (C=O) groups is 1. The zero-order valence-corrected chi connectivity index (χ0v) is 17.0. The third-order valence-electron chi connectivity index (χ3n) is 5.33. The van der Waals surface area contributed by atoms with E-state index in [9.17, 15) is 22.4 Å². The zero-order chi connectivity index (χ0) is 22.7. The van der Waals surface area contributed by atoms with Crippen molar-refractivity contribution in [3.8, 4) is 0 Å². The zero-order valence-electron chi connectivity index (χ0n) is 17.0. The van der Waals surface area contributed by atoms with Gasteiger partial charge in [0.15, 0.2) is 29.1 Å². The van der Waals surface area contributed by atoms with Crippen molar-refractivity contribution in [1.82, 2.24) is 0 Å². The third-order valence-corrected chi connectivity index (χ3v) is 5.33. The Morgan fingerprint density at radius 1 is 0.688 bits per heavy atom. The van der Waals surface area contributed by atoms with E-state index in [1.165, 1.54) is 12.1 Å². The molecule has 0 atom stereocenters. The van der Waals surface area contributed by atoms with Crippen molar-refractivity contribution < 1.29 is 27.3 Å². The summed E-state index contributed by atoms with van der Waals surface area (Å²) in [5.41, 5.74) is 2.70. The van der Waals surface area contributed by atoms with Gasteiger partial charge in [0.25, 0.3) is 0 Å². The normalized spacial score (nSPS) is 19.0. The number of benzene rings is 3. The number of quaternary nitrogens is 1. The lowest BCUT2D eigenvalue weighted by Gasteiger charge is -2.27.